The Labute approximate surface area is 148 Å². The van der Waals surface area contributed by atoms with Gasteiger partial charge in [-0.3, -0.25) is 9.48 Å². The summed E-state index contributed by atoms with van der Waals surface area (Å²) in [4.78, 5) is 14.9. The number of morpholine rings is 1. The lowest BCUT2D eigenvalue weighted by Gasteiger charge is -2.41. The zero-order valence-corrected chi connectivity index (χ0v) is 15.1. The topological polar surface area (TPSA) is 73.4 Å². The molecule has 3 unspecified atom stereocenters. The molecule has 1 fully saturated rings. The molecule has 134 valence electrons. The number of benzene rings is 1. The van der Waals surface area contributed by atoms with Gasteiger partial charge in [0.1, 0.15) is 5.60 Å². The van der Waals surface area contributed by atoms with E-state index in [0.29, 0.717) is 19.7 Å². The lowest BCUT2D eigenvalue weighted by molar-refractivity contribution is -0.153. The fourth-order valence-electron chi connectivity index (χ4n) is 3.33. The Morgan fingerprint density at radius 2 is 2.08 bits per heavy atom. The highest BCUT2D eigenvalue weighted by Crippen LogP contribution is 2.31. The number of ether oxygens (including phenoxy) is 1. The van der Waals surface area contributed by atoms with Crippen molar-refractivity contribution in [2.75, 3.05) is 19.7 Å². The Morgan fingerprint density at radius 3 is 2.72 bits per heavy atom. The van der Waals surface area contributed by atoms with Crippen molar-refractivity contribution in [1.29, 1.82) is 0 Å². The molecular weight excluding hydrogens is 316 g/mol. The molecule has 0 spiro atoms. The smallest absolute Gasteiger partial charge is 0.227 e. The van der Waals surface area contributed by atoms with Crippen LogP contribution < -0.4 is 5.73 Å². The minimum Gasteiger partial charge on any atom is -0.367 e. The third-order valence-electron chi connectivity index (χ3n) is 5.01. The molecule has 0 saturated carbocycles. The molecule has 6 heteroatoms. The molecule has 3 rings (SSSR count). The molecule has 1 aromatic heterocycles. The Hall–Kier alpha value is -2.18. The third-order valence-corrected chi connectivity index (χ3v) is 5.01. The highest BCUT2D eigenvalue weighted by molar-refractivity contribution is 5.79. The highest BCUT2D eigenvalue weighted by atomic mass is 16.5. The van der Waals surface area contributed by atoms with Crippen LogP contribution in [0.4, 0.5) is 0 Å². The van der Waals surface area contributed by atoms with E-state index in [0.717, 1.165) is 11.1 Å². The molecule has 0 bridgehead atoms. The number of amides is 1. The average Bonchev–Trinajstić information content (AvgIpc) is 3.08. The maximum atomic E-state index is 13.0. The number of carbonyl (C=O) groups is 1. The summed E-state index contributed by atoms with van der Waals surface area (Å²) in [6.45, 7) is 5.50. The number of hydrogen-bond acceptors (Lipinski definition) is 4. The van der Waals surface area contributed by atoms with Crippen LogP contribution in [-0.4, -0.2) is 40.3 Å². The normalized spacial score (nSPS) is 23.3. The van der Waals surface area contributed by atoms with Gasteiger partial charge in [0, 0.05) is 31.4 Å². The van der Waals surface area contributed by atoms with Crippen LogP contribution in [0.1, 0.15) is 31.0 Å². The fourth-order valence-corrected chi connectivity index (χ4v) is 3.33. The van der Waals surface area contributed by atoms with E-state index in [9.17, 15) is 4.79 Å². The number of rotatable bonds is 4. The van der Waals surface area contributed by atoms with Crippen molar-refractivity contribution in [1.82, 2.24) is 14.7 Å². The third kappa shape index (κ3) is 3.60. The second kappa shape index (κ2) is 6.98. The number of hydrogen-bond donors (Lipinski definition) is 1. The van der Waals surface area contributed by atoms with E-state index in [1.807, 2.05) is 62.3 Å². The van der Waals surface area contributed by atoms with Gasteiger partial charge < -0.3 is 15.4 Å². The molecule has 1 aliphatic heterocycles. The average molecular weight is 342 g/mol. The molecule has 1 aromatic carbocycles. The number of nitrogens with zero attached hydrogens (tertiary/aromatic N) is 3. The maximum Gasteiger partial charge on any atom is 0.227 e. The zero-order chi connectivity index (χ0) is 18.0. The summed E-state index contributed by atoms with van der Waals surface area (Å²) < 4.78 is 7.74. The van der Waals surface area contributed by atoms with Gasteiger partial charge in [0.2, 0.25) is 5.91 Å². The van der Waals surface area contributed by atoms with Crippen LogP contribution in [0.2, 0.25) is 0 Å². The summed E-state index contributed by atoms with van der Waals surface area (Å²) in [5, 5.41) is 4.22. The van der Waals surface area contributed by atoms with Crippen LogP contribution in [0.3, 0.4) is 0 Å². The molecule has 1 aliphatic rings. The van der Waals surface area contributed by atoms with Gasteiger partial charge in [0.05, 0.1) is 25.3 Å². The molecule has 2 N–H and O–H groups in total. The highest BCUT2D eigenvalue weighted by Gasteiger charge is 2.38. The first-order valence-electron chi connectivity index (χ1n) is 8.63. The predicted molar refractivity (Wildman–Crippen MR) is 95.6 cm³/mol. The predicted octanol–water partition coefficient (Wildman–Crippen LogP) is 1.83. The maximum absolute atomic E-state index is 13.0. The second-order valence-electron chi connectivity index (χ2n) is 6.97. The quantitative estimate of drug-likeness (QED) is 0.920. The monoisotopic (exact) mass is 342 g/mol. The summed E-state index contributed by atoms with van der Waals surface area (Å²) in [6.07, 6.45) is 3.74. The van der Waals surface area contributed by atoms with E-state index in [2.05, 4.69) is 5.10 Å². The van der Waals surface area contributed by atoms with E-state index in [4.69, 9.17) is 10.5 Å². The summed E-state index contributed by atoms with van der Waals surface area (Å²) >= 11 is 0. The van der Waals surface area contributed by atoms with Crippen molar-refractivity contribution in [3.05, 3.63) is 53.9 Å². The van der Waals surface area contributed by atoms with Crippen molar-refractivity contribution in [2.24, 2.45) is 18.7 Å². The number of aryl methyl sites for hydroxylation is 1. The lowest BCUT2D eigenvalue weighted by atomic mass is 9.92. The van der Waals surface area contributed by atoms with Crippen molar-refractivity contribution < 1.29 is 9.53 Å². The summed E-state index contributed by atoms with van der Waals surface area (Å²) in [6, 6.07) is 9.45. The first-order chi connectivity index (χ1) is 11.9. The van der Waals surface area contributed by atoms with Crippen LogP contribution >= 0.6 is 0 Å². The van der Waals surface area contributed by atoms with Crippen LogP contribution in [0.25, 0.3) is 0 Å². The number of nitrogens with two attached hydrogens (primary N) is 1. The van der Waals surface area contributed by atoms with Gasteiger partial charge in [-0.1, -0.05) is 37.3 Å². The summed E-state index contributed by atoms with van der Waals surface area (Å²) in [5.41, 5.74) is 7.75. The fraction of sp³-hybridized carbons (Fsp3) is 0.474. The van der Waals surface area contributed by atoms with E-state index in [-0.39, 0.29) is 17.9 Å². The molecule has 1 saturated heterocycles. The largest absolute Gasteiger partial charge is 0.367 e. The molecule has 0 radical (unpaired) electrons. The molecule has 0 aliphatic carbocycles. The van der Waals surface area contributed by atoms with Gasteiger partial charge in [0.25, 0.3) is 0 Å². The van der Waals surface area contributed by atoms with Gasteiger partial charge in [0.15, 0.2) is 0 Å². The van der Waals surface area contributed by atoms with E-state index < -0.39 is 5.60 Å². The van der Waals surface area contributed by atoms with Gasteiger partial charge in [-0.2, -0.15) is 5.10 Å². The molecule has 25 heavy (non-hydrogen) atoms. The molecule has 6 nitrogen and oxygen atoms in total. The minimum absolute atomic E-state index is 0.0646. The Kier molecular flexibility index (Phi) is 4.92. The van der Waals surface area contributed by atoms with Crippen LogP contribution in [0.15, 0.2) is 42.7 Å². The Bertz CT molecular complexity index is 730. The molecule has 2 aromatic rings. The van der Waals surface area contributed by atoms with Gasteiger partial charge in [-0.25, -0.2) is 0 Å². The van der Waals surface area contributed by atoms with Crippen LogP contribution in [0, 0.1) is 5.92 Å². The molecule has 3 atom stereocenters. The molecular formula is C19H26N4O2. The van der Waals surface area contributed by atoms with Crippen LogP contribution in [0.5, 0.6) is 0 Å². The van der Waals surface area contributed by atoms with Gasteiger partial charge in [-0.15, -0.1) is 0 Å². The standard InChI is InChI=1S/C19H26N4O2/c1-14(17(20)15-7-5-4-6-8-15)18(24)23-9-10-25-19(2,13-23)16-11-21-22(3)12-16/h4-8,11-12,14,17H,9-10,13,20H2,1-3H3. The van der Waals surface area contributed by atoms with E-state index in [1.54, 1.807) is 10.9 Å². The zero-order valence-electron chi connectivity index (χ0n) is 15.1. The first-order valence-corrected chi connectivity index (χ1v) is 8.63. The van der Waals surface area contributed by atoms with Gasteiger partial charge in [-0.05, 0) is 12.5 Å². The van der Waals surface area contributed by atoms with Crippen molar-refractivity contribution in [3.63, 3.8) is 0 Å². The van der Waals surface area contributed by atoms with Crippen molar-refractivity contribution in [3.8, 4) is 0 Å². The Morgan fingerprint density at radius 1 is 1.36 bits per heavy atom. The van der Waals surface area contributed by atoms with E-state index in [1.165, 1.54) is 0 Å². The van der Waals surface area contributed by atoms with Crippen molar-refractivity contribution in [2.45, 2.75) is 25.5 Å². The lowest BCUT2D eigenvalue weighted by Crippen LogP contribution is -2.52. The van der Waals surface area contributed by atoms with Crippen LogP contribution in [-0.2, 0) is 22.2 Å². The summed E-state index contributed by atoms with van der Waals surface area (Å²) in [5.74, 6) is -0.228. The van der Waals surface area contributed by atoms with E-state index >= 15 is 0 Å². The minimum atomic E-state index is -0.543. The SMILES string of the molecule is CC(C(=O)N1CCOC(C)(c2cnn(C)c2)C1)C(N)c1ccccc1. The molecule has 2 heterocycles. The number of carbonyl (C=O) groups excluding carboxylic acids is 1. The number of aromatic nitrogens is 2. The first kappa shape index (κ1) is 17.6. The van der Waals surface area contributed by atoms with Gasteiger partial charge >= 0.3 is 0 Å². The molecule has 1 amide bonds. The van der Waals surface area contributed by atoms with Crippen molar-refractivity contribution >= 4 is 5.91 Å². The second-order valence-corrected chi connectivity index (χ2v) is 6.97. The Balaban J connectivity index is 1.73. The summed E-state index contributed by atoms with van der Waals surface area (Å²) in [7, 11) is 1.87.